The van der Waals surface area contributed by atoms with Crippen molar-refractivity contribution in [1.82, 2.24) is 19.9 Å². The molecule has 0 radical (unpaired) electrons. The number of alkyl halides is 1. The molecule has 0 spiro atoms. The van der Waals surface area contributed by atoms with Crippen molar-refractivity contribution < 1.29 is 18.7 Å². The first-order chi connectivity index (χ1) is 13.8. The first-order valence-electron chi connectivity index (χ1n) is 9.39. The van der Waals surface area contributed by atoms with Crippen LogP contribution in [0.5, 0.6) is 5.88 Å². The van der Waals surface area contributed by atoms with Gasteiger partial charge in [0.25, 0.3) is 5.91 Å². The Kier molecular flexibility index (Phi) is 6.05. The van der Waals surface area contributed by atoms with Crippen molar-refractivity contribution in [3.63, 3.8) is 0 Å². The van der Waals surface area contributed by atoms with E-state index in [0.717, 1.165) is 18.4 Å². The fourth-order valence-electron chi connectivity index (χ4n) is 2.89. The molecule has 154 valence electrons. The van der Waals surface area contributed by atoms with Gasteiger partial charge < -0.3 is 9.64 Å². The molecule has 0 saturated heterocycles. The van der Waals surface area contributed by atoms with Crippen molar-refractivity contribution in [2.45, 2.75) is 39.7 Å². The highest BCUT2D eigenvalue weighted by Gasteiger charge is 2.30. The second-order valence-electron chi connectivity index (χ2n) is 7.22. The Morgan fingerprint density at radius 1 is 1.31 bits per heavy atom. The van der Waals surface area contributed by atoms with Crippen LogP contribution in [-0.4, -0.2) is 45.6 Å². The maximum Gasteiger partial charge on any atom is 0.272 e. The molecule has 1 unspecified atom stereocenters. The van der Waals surface area contributed by atoms with Gasteiger partial charge in [-0.1, -0.05) is 0 Å². The van der Waals surface area contributed by atoms with Gasteiger partial charge in [0.15, 0.2) is 0 Å². The molecule has 2 heterocycles. The SMILES string of the molecule is Cc1cc(C(=O)N(C)C(C)c2cnc(OCF)c(C)c2)nc(NC(=O)C2CC2)n1. The average molecular weight is 401 g/mol. The summed E-state index contributed by atoms with van der Waals surface area (Å²) in [4.78, 5) is 39.0. The Bertz CT molecular complexity index is 932. The van der Waals surface area contributed by atoms with Crippen LogP contribution in [0.4, 0.5) is 10.3 Å². The molecule has 2 aromatic rings. The molecule has 1 aliphatic rings. The number of hydrogen-bond acceptors (Lipinski definition) is 6. The summed E-state index contributed by atoms with van der Waals surface area (Å²) in [6.07, 6.45) is 3.29. The van der Waals surface area contributed by atoms with E-state index >= 15 is 0 Å². The predicted molar refractivity (Wildman–Crippen MR) is 104 cm³/mol. The standard InChI is InChI=1S/C20H24FN5O3/c1-11-7-15(9-22-18(11)29-10-21)13(3)26(4)19(28)16-8-12(2)23-20(24-16)25-17(27)14-5-6-14/h7-9,13-14H,5-6,10H2,1-4H3,(H,23,24,25,27). The molecular formula is C20H24FN5O3. The number of anilines is 1. The Balaban J connectivity index is 1.77. The Morgan fingerprint density at radius 2 is 2.03 bits per heavy atom. The van der Waals surface area contributed by atoms with Gasteiger partial charge in [0.05, 0.1) is 6.04 Å². The van der Waals surface area contributed by atoms with Gasteiger partial charge in [0, 0.05) is 30.4 Å². The number of ether oxygens (including phenoxy) is 1. The lowest BCUT2D eigenvalue weighted by Crippen LogP contribution is -2.31. The number of amides is 2. The molecule has 1 fully saturated rings. The number of nitrogens with one attached hydrogen (secondary N) is 1. The summed E-state index contributed by atoms with van der Waals surface area (Å²) in [6.45, 7) is 4.41. The molecule has 1 aliphatic carbocycles. The zero-order valence-corrected chi connectivity index (χ0v) is 16.9. The normalized spacial score (nSPS) is 14.2. The fraction of sp³-hybridized carbons (Fsp3) is 0.450. The van der Waals surface area contributed by atoms with Crippen LogP contribution in [0.25, 0.3) is 0 Å². The second kappa shape index (κ2) is 8.50. The van der Waals surface area contributed by atoms with Crippen molar-refractivity contribution >= 4 is 17.8 Å². The van der Waals surface area contributed by atoms with Crippen LogP contribution in [0.2, 0.25) is 0 Å². The van der Waals surface area contributed by atoms with E-state index in [1.165, 1.54) is 4.90 Å². The summed E-state index contributed by atoms with van der Waals surface area (Å²) >= 11 is 0. The van der Waals surface area contributed by atoms with Gasteiger partial charge in [0.1, 0.15) is 5.69 Å². The van der Waals surface area contributed by atoms with E-state index in [0.29, 0.717) is 11.3 Å². The molecule has 1 N–H and O–H groups in total. The molecule has 2 amide bonds. The van der Waals surface area contributed by atoms with Crippen molar-refractivity contribution in [3.05, 3.63) is 40.8 Å². The van der Waals surface area contributed by atoms with E-state index in [1.54, 1.807) is 39.2 Å². The van der Waals surface area contributed by atoms with E-state index in [4.69, 9.17) is 4.74 Å². The molecule has 29 heavy (non-hydrogen) atoms. The van der Waals surface area contributed by atoms with Gasteiger partial charge in [-0.15, -0.1) is 0 Å². The third kappa shape index (κ3) is 4.85. The van der Waals surface area contributed by atoms with E-state index in [1.807, 2.05) is 6.92 Å². The lowest BCUT2D eigenvalue weighted by Gasteiger charge is -2.25. The molecule has 2 aromatic heterocycles. The summed E-state index contributed by atoms with van der Waals surface area (Å²) in [7, 11) is 1.66. The van der Waals surface area contributed by atoms with Gasteiger partial charge in [-0.05, 0) is 51.3 Å². The number of carbonyl (C=O) groups excluding carboxylic acids is 2. The minimum Gasteiger partial charge on any atom is -0.446 e. The van der Waals surface area contributed by atoms with E-state index in [2.05, 4.69) is 20.3 Å². The zero-order valence-electron chi connectivity index (χ0n) is 16.9. The number of aryl methyl sites for hydroxylation is 2. The van der Waals surface area contributed by atoms with Crippen LogP contribution >= 0.6 is 0 Å². The second-order valence-corrected chi connectivity index (χ2v) is 7.22. The molecule has 9 heteroatoms. The van der Waals surface area contributed by atoms with Crippen molar-refractivity contribution in [2.75, 3.05) is 19.2 Å². The topological polar surface area (TPSA) is 97.3 Å². The summed E-state index contributed by atoms with van der Waals surface area (Å²) in [5.74, 6) is -0.0583. The summed E-state index contributed by atoms with van der Waals surface area (Å²) in [6, 6.07) is 3.08. The van der Waals surface area contributed by atoms with E-state index in [-0.39, 0.29) is 41.3 Å². The largest absolute Gasteiger partial charge is 0.446 e. The quantitative estimate of drug-likeness (QED) is 0.766. The van der Waals surface area contributed by atoms with Crippen LogP contribution < -0.4 is 10.1 Å². The Labute approximate surface area is 168 Å². The maximum atomic E-state index is 13.0. The van der Waals surface area contributed by atoms with Crippen LogP contribution in [0, 0.1) is 19.8 Å². The van der Waals surface area contributed by atoms with Gasteiger partial charge in [-0.3, -0.25) is 14.9 Å². The molecule has 0 aliphatic heterocycles. The lowest BCUT2D eigenvalue weighted by molar-refractivity contribution is -0.117. The number of rotatable bonds is 7. The third-order valence-corrected chi connectivity index (χ3v) is 4.88. The van der Waals surface area contributed by atoms with Gasteiger partial charge in [-0.25, -0.2) is 19.3 Å². The molecule has 0 bridgehead atoms. The van der Waals surface area contributed by atoms with Crippen molar-refractivity contribution in [3.8, 4) is 5.88 Å². The van der Waals surface area contributed by atoms with E-state index < -0.39 is 6.86 Å². The molecule has 8 nitrogen and oxygen atoms in total. The predicted octanol–water partition coefficient (Wildman–Crippen LogP) is 2.98. The van der Waals surface area contributed by atoms with Crippen LogP contribution in [0.1, 0.15) is 53.1 Å². The Hall–Kier alpha value is -3.10. The number of nitrogens with zero attached hydrogens (tertiary/aromatic N) is 4. The van der Waals surface area contributed by atoms with Crippen LogP contribution in [-0.2, 0) is 4.79 Å². The first kappa shape index (κ1) is 20.6. The first-order valence-corrected chi connectivity index (χ1v) is 9.39. The number of carbonyl (C=O) groups is 2. The minimum absolute atomic E-state index is 0.0149. The molecule has 1 saturated carbocycles. The molecule has 1 atom stereocenters. The summed E-state index contributed by atoms with van der Waals surface area (Å²) in [5, 5.41) is 2.68. The summed E-state index contributed by atoms with van der Waals surface area (Å²) in [5.41, 5.74) is 2.23. The number of pyridine rings is 1. The fourth-order valence-corrected chi connectivity index (χ4v) is 2.89. The number of halogens is 1. The van der Waals surface area contributed by atoms with Crippen LogP contribution in [0.15, 0.2) is 18.3 Å². The van der Waals surface area contributed by atoms with Crippen molar-refractivity contribution in [1.29, 1.82) is 0 Å². The smallest absolute Gasteiger partial charge is 0.272 e. The molecule has 3 rings (SSSR count). The Morgan fingerprint density at radius 3 is 2.66 bits per heavy atom. The van der Waals surface area contributed by atoms with Gasteiger partial charge in [-0.2, -0.15) is 0 Å². The lowest BCUT2D eigenvalue weighted by atomic mass is 10.1. The van der Waals surface area contributed by atoms with Gasteiger partial charge in [0.2, 0.25) is 24.6 Å². The third-order valence-electron chi connectivity index (χ3n) is 4.88. The number of aromatic nitrogens is 3. The zero-order chi connectivity index (χ0) is 21.1. The molecular weight excluding hydrogens is 377 g/mol. The monoisotopic (exact) mass is 401 g/mol. The van der Waals surface area contributed by atoms with Crippen LogP contribution in [0.3, 0.4) is 0 Å². The minimum atomic E-state index is -0.951. The highest BCUT2D eigenvalue weighted by atomic mass is 19.1. The molecule has 0 aromatic carbocycles. The summed E-state index contributed by atoms with van der Waals surface area (Å²) < 4.78 is 17.2. The average Bonchev–Trinajstić information content (AvgIpc) is 3.53. The highest BCUT2D eigenvalue weighted by molar-refractivity contribution is 5.95. The highest BCUT2D eigenvalue weighted by Crippen LogP contribution is 2.30. The number of hydrogen-bond donors (Lipinski definition) is 1. The van der Waals surface area contributed by atoms with Gasteiger partial charge >= 0.3 is 0 Å². The maximum absolute atomic E-state index is 13.0. The van der Waals surface area contributed by atoms with E-state index in [9.17, 15) is 14.0 Å². The van der Waals surface area contributed by atoms with Crippen molar-refractivity contribution in [2.24, 2.45) is 5.92 Å².